The summed E-state index contributed by atoms with van der Waals surface area (Å²) < 4.78 is 5.69. The molecule has 0 saturated carbocycles. The minimum absolute atomic E-state index is 0.309. The fraction of sp³-hybridized carbons (Fsp3) is 0.588. The van der Waals surface area contributed by atoms with Crippen molar-refractivity contribution >= 4 is 0 Å². The lowest BCUT2D eigenvalue weighted by Gasteiger charge is -2.33. The first-order chi connectivity index (χ1) is 10.2. The van der Waals surface area contributed by atoms with Crippen molar-refractivity contribution in [1.82, 2.24) is 10.2 Å². The minimum atomic E-state index is -0.663. The summed E-state index contributed by atoms with van der Waals surface area (Å²) in [6.07, 6.45) is 2.58. The molecule has 1 fully saturated rings. The molecular weight excluding hydrogens is 262 g/mol. The third kappa shape index (κ3) is 4.04. The predicted molar refractivity (Wildman–Crippen MR) is 83.9 cm³/mol. The maximum absolute atomic E-state index is 9.80. The van der Waals surface area contributed by atoms with E-state index in [2.05, 4.69) is 23.3 Å². The molecule has 0 bridgehead atoms. The molecule has 21 heavy (non-hydrogen) atoms. The molecular formula is C17H25N3O. The monoisotopic (exact) mass is 287 g/mol. The molecule has 1 saturated heterocycles. The summed E-state index contributed by atoms with van der Waals surface area (Å²) in [4.78, 5) is 2.20. The third-order valence-electron chi connectivity index (χ3n) is 3.98. The van der Waals surface area contributed by atoms with E-state index in [0.717, 1.165) is 38.1 Å². The summed E-state index contributed by atoms with van der Waals surface area (Å²) in [5, 5.41) is 13.2. The molecule has 1 N–H and O–H groups in total. The summed E-state index contributed by atoms with van der Waals surface area (Å²) in [6, 6.07) is 12.5. The van der Waals surface area contributed by atoms with Crippen molar-refractivity contribution in [3.05, 3.63) is 35.9 Å². The Bertz CT molecular complexity index is 465. The quantitative estimate of drug-likeness (QED) is 0.834. The Hall–Kier alpha value is -1.41. The molecule has 2 atom stereocenters. The van der Waals surface area contributed by atoms with Gasteiger partial charge >= 0.3 is 0 Å². The van der Waals surface area contributed by atoms with Gasteiger partial charge in [0.2, 0.25) is 0 Å². The fourth-order valence-electron chi connectivity index (χ4n) is 3.02. The summed E-state index contributed by atoms with van der Waals surface area (Å²) >= 11 is 0. The fourth-order valence-corrected chi connectivity index (χ4v) is 3.02. The second-order valence-corrected chi connectivity index (χ2v) is 5.75. The van der Waals surface area contributed by atoms with Crippen LogP contribution in [0.4, 0.5) is 0 Å². The first kappa shape index (κ1) is 16.0. The van der Waals surface area contributed by atoms with E-state index in [4.69, 9.17) is 4.74 Å². The van der Waals surface area contributed by atoms with Gasteiger partial charge in [-0.15, -0.1) is 0 Å². The number of rotatable bonds is 7. The van der Waals surface area contributed by atoms with Gasteiger partial charge in [0.05, 0.1) is 12.2 Å². The highest BCUT2D eigenvalue weighted by Crippen LogP contribution is 2.22. The van der Waals surface area contributed by atoms with Crippen LogP contribution in [0.5, 0.6) is 0 Å². The molecule has 4 heteroatoms. The number of nitrogens with one attached hydrogen (secondary N) is 1. The van der Waals surface area contributed by atoms with Crippen molar-refractivity contribution in [3.8, 4) is 6.07 Å². The van der Waals surface area contributed by atoms with Crippen LogP contribution in [-0.4, -0.2) is 44.3 Å². The molecule has 0 amide bonds. The highest BCUT2D eigenvalue weighted by atomic mass is 16.5. The van der Waals surface area contributed by atoms with Crippen LogP contribution in [0.15, 0.2) is 30.3 Å². The SMILES string of the molecule is CCNC(C#N)(CN(C)CC1CCCO1)c1ccccc1. The van der Waals surface area contributed by atoms with E-state index in [1.54, 1.807) is 0 Å². The largest absolute Gasteiger partial charge is 0.377 e. The summed E-state index contributed by atoms with van der Waals surface area (Å²) in [5.74, 6) is 0. The smallest absolute Gasteiger partial charge is 0.145 e. The van der Waals surface area contributed by atoms with Crippen LogP contribution in [0.25, 0.3) is 0 Å². The number of nitrogens with zero attached hydrogens (tertiary/aromatic N) is 2. The van der Waals surface area contributed by atoms with E-state index in [1.165, 1.54) is 0 Å². The van der Waals surface area contributed by atoms with Crippen molar-refractivity contribution in [2.45, 2.75) is 31.4 Å². The van der Waals surface area contributed by atoms with Gasteiger partial charge in [0.1, 0.15) is 5.54 Å². The van der Waals surface area contributed by atoms with Gasteiger partial charge in [-0.3, -0.25) is 5.32 Å². The van der Waals surface area contributed by atoms with E-state index in [9.17, 15) is 5.26 Å². The Labute approximate surface area is 127 Å². The number of likely N-dealkylation sites (N-methyl/N-ethyl adjacent to an activating group) is 2. The molecule has 4 nitrogen and oxygen atoms in total. The predicted octanol–water partition coefficient (Wildman–Crippen LogP) is 2.13. The van der Waals surface area contributed by atoms with E-state index < -0.39 is 5.54 Å². The van der Waals surface area contributed by atoms with Crippen molar-refractivity contribution in [2.75, 3.05) is 33.3 Å². The topological polar surface area (TPSA) is 48.3 Å². The van der Waals surface area contributed by atoms with E-state index >= 15 is 0 Å². The van der Waals surface area contributed by atoms with E-state index in [-0.39, 0.29) is 0 Å². The molecule has 1 aliphatic heterocycles. The zero-order valence-electron chi connectivity index (χ0n) is 13.0. The van der Waals surface area contributed by atoms with Gasteiger partial charge in [-0.05, 0) is 32.0 Å². The highest BCUT2D eigenvalue weighted by molar-refractivity contribution is 5.32. The standard InChI is InChI=1S/C17H25N3O/c1-3-19-17(13-18,15-8-5-4-6-9-15)14-20(2)12-16-10-7-11-21-16/h4-6,8-9,16,19H,3,7,10-12,14H2,1-2H3. The van der Waals surface area contributed by atoms with Crippen molar-refractivity contribution in [1.29, 1.82) is 5.26 Å². The molecule has 0 spiro atoms. The van der Waals surface area contributed by atoms with E-state index in [0.29, 0.717) is 12.6 Å². The van der Waals surface area contributed by atoms with Gasteiger partial charge in [0.25, 0.3) is 0 Å². The summed E-state index contributed by atoms with van der Waals surface area (Å²) in [7, 11) is 2.06. The van der Waals surface area contributed by atoms with Gasteiger partial charge in [-0.1, -0.05) is 37.3 Å². The molecule has 0 aliphatic carbocycles. The molecule has 1 aromatic carbocycles. The van der Waals surface area contributed by atoms with Gasteiger partial charge < -0.3 is 9.64 Å². The normalized spacial score (nSPS) is 21.1. The highest BCUT2D eigenvalue weighted by Gasteiger charge is 2.33. The Morgan fingerprint density at radius 2 is 2.19 bits per heavy atom. The van der Waals surface area contributed by atoms with Gasteiger partial charge in [0.15, 0.2) is 0 Å². The number of hydrogen-bond acceptors (Lipinski definition) is 4. The van der Waals surface area contributed by atoms with Gasteiger partial charge in [-0.25, -0.2) is 0 Å². The first-order valence-corrected chi connectivity index (χ1v) is 7.72. The van der Waals surface area contributed by atoms with Crippen molar-refractivity contribution in [3.63, 3.8) is 0 Å². The zero-order valence-corrected chi connectivity index (χ0v) is 13.0. The number of ether oxygens (including phenoxy) is 1. The third-order valence-corrected chi connectivity index (χ3v) is 3.98. The lowest BCUT2D eigenvalue weighted by Crippen LogP contribution is -2.50. The second-order valence-electron chi connectivity index (χ2n) is 5.75. The number of nitriles is 1. The second kappa shape index (κ2) is 7.56. The van der Waals surface area contributed by atoms with Crippen LogP contribution in [0.2, 0.25) is 0 Å². The molecule has 0 radical (unpaired) electrons. The molecule has 2 rings (SSSR count). The average Bonchev–Trinajstić information content (AvgIpc) is 3.00. The van der Waals surface area contributed by atoms with Crippen LogP contribution in [0.3, 0.4) is 0 Å². The first-order valence-electron chi connectivity index (χ1n) is 7.72. The van der Waals surface area contributed by atoms with Crippen LogP contribution >= 0.6 is 0 Å². The molecule has 1 aromatic rings. The Kier molecular flexibility index (Phi) is 5.75. The van der Waals surface area contributed by atoms with E-state index in [1.807, 2.05) is 37.3 Å². The lowest BCUT2D eigenvalue weighted by molar-refractivity contribution is 0.0750. The van der Waals surface area contributed by atoms with Gasteiger partial charge in [0, 0.05) is 19.7 Å². The summed E-state index contributed by atoms with van der Waals surface area (Å²) in [6.45, 7) is 5.20. The Morgan fingerprint density at radius 3 is 2.76 bits per heavy atom. The molecule has 1 heterocycles. The van der Waals surface area contributed by atoms with Crippen molar-refractivity contribution in [2.24, 2.45) is 0 Å². The van der Waals surface area contributed by atoms with Crippen LogP contribution in [0.1, 0.15) is 25.3 Å². The van der Waals surface area contributed by atoms with Crippen LogP contribution < -0.4 is 5.32 Å². The van der Waals surface area contributed by atoms with Crippen LogP contribution in [-0.2, 0) is 10.3 Å². The van der Waals surface area contributed by atoms with Gasteiger partial charge in [-0.2, -0.15) is 5.26 Å². The Morgan fingerprint density at radius 1 is 1.43 bits per heavy atom. The van der Waals surface area contributed by atoms with Crippen LogP contribution in [0, 0.1) is 11.3 Å². The number of hydrogen-bond donors (Lipinski definition) is 1. The molecule has 1 aliphatic rings. The maximum atomic E-state index is 9.80. The molecule has 0 aromatic heterocycles. The average molecular weight is 287 g/mol. The summed E-state index contributed by atoms with van der Waals surface area (Å²) in [5.41, 5.74) is 0.358. The molecule has 114 valence electrons. The van der Waals surface area contributed by atoms with Crippen molar-refractivity contribution < 1.29 is 4.74 Å². The Balaban J connectivity index is 2.10. The minimum Gasteiger partial charge on any atom is -0.377 e. The maximum Gasteiger partial charge on any atom is 0.145 e. The number of benzene rings is 1. The molecule has 2 unspecified atom stereocenters. The zero-order chi connectivity index (χ0) is 15.1. The lowest BCUT2D eigenvalue weighted by atomic mass is 9.90.